The number of carbonyl (C=O) groups excluding carboxylic acids is 1. The number of hydrogen-bond donors (Lipinski definition) is 0. The fraction of sp³-hybridized carbons (Fsp3) is 0.348. The van der Waals surface area contributed by atoms with Gasteiger partial charge in [0.1, 0.15) is 23.9 Å². The van der Waals surface area contributed by atoms with Crippen LogP contribution < -0.4 is 14.2 Å². The Morgan fingerprint density at radius 2 is 1.90 bits per heavy atom. The molecule has 1 fully saturated rings. The number of para-hydroxylation sites is 1. The number of hydrogen-bond acceptors (Lipinski definition) is 5. The van der Waals surface area contributed by atoms with Crippen LogP contribution in [-0.4, -0.2) is 44.0 Å². The molecule has 0 saturated carbocycles. The predicted octanol–water partition coefficient (Wildman–Crippen LogP) is 4.60. The van der Waals surface area contributed by atoms with Gasteiger partial charge in [-0.05, 0) is 50.2 Å². The van der Waals surface area contributed by atoms with Crippen molar-refractivity contribution >= 4 is 24.3 Å². The van der Waals surface area contributed by atoms with Crippen molar-refractivity contribution < 1.29 is 19.0 Å². The van der Waals surface area contributed by atoms with E-state index >= 15 is 0 Å². The largest absolute Gasteiger partial charge is 0.496 e. The van der Waals surface area contributed by atoms with Gasteiger partial charge >= 0.3 is 0 Å². The van der Waals surface area contributed by atoms with Gasteiger partial charge in [-0.1, -0.05) is 24.6 Å². The maximum atomic E-state index is 12.7. The highest BCUT2D eigenvalue weighted by atomic mass is 35.5. The average molecular weight is 416 g/mol. The number of allylic oxidation sites excluding steroid dienone is 1. The van der Waals surface area contributed by atoms with Crippen LogP contribution in [0.25, 0.3) is 6.08 Å². The highest BCUT2D eigenvalue weighted by Crippen LogP contribution is 2.35. The number of halogens is 1. The molecule has 0 spiro atoms. The second-order valence-electron chi connectivity index (χ2n) is 7.09. The minimum Gasteiger partial charge on any atom is -0.496 e. The summed E-state index contributed by atoms with van der Waals surface area (Å²) in [6.45, 7) is 3.87. The summed E-state index contributed by atoms with van der Waals surface area (Å²) >= 11 is 0. The maximum absolute atomic E-state index is 12.7. The predicted molar refractivity (Wildman–Crippen MR) is 115 cm³/mol. The van der Waals surface area contributed by atoms with Gasteiger partial charge in [-0.3, -0.25) is 9.69 Å². The first-order valence-corrected chi connectivity index (χ1v) is 9.81. The molecule has 2 aromatic rings. The van der Waals surface area contributed by atoms with E-state index in [0.717, 1.165) is 30.9 Å². The second-order valence-corrected chi connectivity index (χ2v) is 7.09. The summed E-state index contributed by atoms with van der Waals surface area (Å²) in [7, 11) is 1.61. The molecule has 2 heterocycles. The molecular weight excluding hydrogens is 390 g/mol. The highest BCUT2D eigenvalue weighted by molar-refractivity contribution is 6.14. The number of likely N-dealkylation sites (tertiary alicyclic amines) is 1. The minimum absolute atomic E-state index is 0. The Morgan fingerprint density at radius 1 is 1.10 bits per heavy atom. The highest BCUT2D eigenvalue weighted by Gasteiger charge is 2.28. The van der Waals surface area contributed by atoms with E-state index in [1.165, 1.54) is 19.3 Å². The molecule has 0 aromatic heterocycles. The second kappa shape index (κ2) is 9.81. The van der Waals surface area contributed by atoms with Gasteiger partial charge in [-0.25, -0.2) is 0 Å². The Hall–Kier alpha value is -2.50. The van der Waals surface area contributed by atoms with Gasteiger partial charge in [0.05, 0.1) is 12.7 Å². The fourth-order valence-electron chi connectivity index (χ4n) is 3.66. The number of methoxy groups -OCH3 is 1. The number of fused-ring (bicyclic) bond motifs is 1. The number of Topliss-reactive ketones (excluding diaryl/α,β-unsaturated/α-hetero) is 1. The van der Waals surface area contributed by atoms with Crippen LogP contribution >= 0.6 is 12.4 Å². The first-order chi connectivity index (χ1) is 13.7. The molecule has 29 heavy (non-hydrogen) atoms. The van der Waals surface area contributed by atoms with Gasteiger partial charge in [-0.15, -0.1) is 12.4 Å². The molecule has 2 aromatic carbocycles. The zero-order valence-corrected chi connectivity index (χ0v) is 17.4. The molecule has 2 aliphatic rings. The number of rotatable bonds is 6. The van der Waals surface area contributed by atoms with Crippen LogP contribution in [0.4, 0.5) is 0 Å². The van der Waals surface area contributed by atoms with Crippen molar-refractivity contribution in [3.63, 3.8) is 0 Å². The van der Waals surface area contributed by atoms with Gasteiger partial charge in [0, 0.05) is 18.2 Å². The Kier molecular flexibility index (Phi) is 7.18. The van der Waals surface area contributed by atoms with Gasteiger partial charge in [0.2, 0.25) is 5.78 Å². The van der Waals surface area contributed by atoms with Crippen molar-refractivity contribution in [2.45, 2.75) is 19.3 Å². The van der Waals surface area contributed by atoms with Crippen LogP contribution in [0.3, 0.4) is 0 Å². The van der Waals surface area contributed by atoms with Gasteiger partial charge in [-0.2, -0.15) is 0 Å². The first-order valence-electron chi connectivity index (χ1n) is 9.81. The summed E-state index contributed by atoms with van der Waals surface area (Å²) in [4.78, 5) is 15.1. The lowest BCUT2D eigenvalue weighted by atomic mass is 10.1. The summed E-state index contributed by atoms with van der Waals surface area (Å²) in [5.41, 5.74) is 1.36. The molecule has 154 valence electrons. The third kappa shape index (κ3) is 4.92. The van der Waals surface area contributed by atoms with Crippen LogP contribution in [0.15, 0.2) is 48.2 Å². The molecule has 0 bridgehead atoms. The molecule has 0 N–H and O–H groups in total. The molecule has 0 amide bonds. The lowest BCUT2D eigenvalue weighted by Crippen LogP contribution is -2.33. The average Bonchev–Trinajstić information content (AvgIpc) is 3.04. The molecule has 5 nitrogen and oxygen atoms in total. The van der Waals surface area contributed by atoms with E-state index < -0.39 is 0 Å². The lowest BCUT2D eigenvalue weighted by Gasteiger charge is -2.26. The lowest BCUT2D eigenvalue weighted by molar-refractivity contribution is 0.101. The van der Waals surface area contributed by atoms with E-state index in [1.54, 1.807) is 25.3 Å². The fourth-order valence-corrected chi connectivity index (χ4v) is 3.66. The van der Waals surface area contributed by atoms with Crippen molar-refractivity contribution in [1.29, 1.82) is 0 Å². The molecule has 0 radical (unpaired) electrons. The van der Waals surface area contributed by atoms with Gasteiger partial charge in [0.15, 0.2) is 5.76 Å². The molecule has 4 rings (SSSR count). The number of nitrogens with zero attached hydrogens (tertiary/aromatic N) is 1. The molecular formula is C23H26ClNO4. The number of ether oxygens (including phenoxy) is 3. The Balaban J connectivity index is 0.00000240. The molecule has 6 heteroatoms. The van der Waals surface area contributed by atoms with Crippen molar-refractivity contribution in [2.24, 2.45) is 0 Å². The zero-order chi connectivity index (χ0) is 19.3. The van der Waals surface area contributed by atoms with E-state index in [4.69, 9.17) is 14.2 Å². The first kappa shape index (κ1) is 21.2. The minimum atomic E-state index is -0.124. The summed E-state index contributed by atoms with van der Waals surface area (Å²) in [6, 6.07) is 12.9. The quantitative estimate of drug-likeness (QED) is 0.645. The standard InChI is InChI=1S/C23H25NO4.ClH/c1-26-20-8-4-3-7-17(20)15-22-23(25)19-10-9-18(16-21(19)28-22)27-14-13-24-11-5-2-6-12-24;/h3-4,7-10,15-16H,2,5-6,11-14H2,1H3;1H/b22-15-;. The van der Waals surface area contributed by atoms with E-state index in [1.807, 2.05) is 30.3 Å². The van der Waals surface area contributed by atoms with Crippen molar-refractivity contribution in [3.8, 4) is 17.2 Å². The third-order valence-corrected chi connectivity index (χ3v) is 5.19. The number of ketones is 1. The Bertz CT molecular complexity index is 890. The van der Waals surface area contributed by atoms with E-state index in [9.17, 15) is 4.79 Å². The zero-order valence-electron chi connectivity index (χ0n) is 16.6. The third-order valence-electron chi connectivity index (χ3n) is 5.19. The normalized spacial score (nSPS) is 17.4. The van der Waals surface area contributed by atoms with Crippen molar-refractivity contribution in [1.82, 2.24) is 4.90 Å². The van der Waals surface area contributed by atoms with E-state index in [-0.39, 0.29) is 18.2 Å². The SMILES string of the molecule is COc1ccccc1/C=C1\Oc2cc(OCCN3CCCCC3)ccc2C1=O.Cl. The smallest absolute Gasteiger partial charge is 0.231 e. The van der Waals surface area contributed by atoms with Crippen LogP contribution in [-0.2, 0) is 0 Å². The molecule has 0 atom stereocenters. The summed E-state index contributed by atoms with van der Waals surface area (Å²) in [5, 5.41) is 0. The van der Waals surface area contributed by atoms with Gasteiger partial charge in [0.25, 0.3) is 0 Å². The Labute approximate surface area is 177 Å². The maximum Gasteiger partial charge on any atom is 0.231 e. The van der Waals surface area contributed by atoms with Crippen LogP contribution in [0.2, 0.25) is 0 Å². The van der Waals surface area contributed by atoms with Crippen LogP contribution in [0.5, 0.6) is 17.2 Å². The van der Waals surface area contributed by atoms with Gasteiger partial charge < -0.3 is 14.2 Å². The van der Waals surface area contributed by atoms with E-state index in [2.05, 4.69) is 4.90 Å². The molecule has 2 aliphatic heterocycles. The van der Waals surface area contributed by atoms with Crippen LogP contribution in [0.1, 0.15) is 35.2 Å². The topological polar surface area (TPSA) is 48.0 Å². The monoisotopic (exact) mass is 415 g/mol. The summed E-state index contributed by atoms with van der Waals surface area (Å²) < 4.78 is 17.1. The molecule has 1 saturated heterocycles. The van der Waals surface area contributed by atoms with Crippen molar-refractivity contribution in [3.05, 3.63) is 59.4 Å². The van der Waals surface area contributed by atoms with Crippen molar-refractivity contribution in [2.75, 3.05) is 33.4 Å². The molecule has 0 aliphatic carbocycles. The number of piperidine rings is 1. The van der Waals surface area contributed by atoms with E-state index in [0.29, 0.717) is 29.4 Å². The molecule has 0 unspecified atom stereocenters. The summed E-state index contributed by atoms with van der Waals surface area (Å²) in [6.07, 6.45) is 5.60. The Morgan fingerprint density at radius 3 is 2.69 bits per heavy atom. The number of benzene rings is 2. The summed E-state index contributed by atoms with van der Waals surface area (Å²) in [5.74, 6) is 2.14. The number of carbonyl (C=O) groups is 1. The van der Waals surface area contributed by atoms with Crippen LogP contribution in [0, 0.1) is 0 Å².